The van der Waals surface area contributed by atoms with Crippen molar-refractivity contribution in [2.45, 2.75) is 52.7 Å². The predicted octanol–water partition coefficient (Wildman–Crippen LogP) is 3.53. The number of piperazine rings is 1. The minimum atomic E-state index is -0.528. The van der Waals surface area contributed by atoms with Crippen molar-refractivity contribution in [1.29, 1.82) is 0 Å². The van der Waals surface area contributed by atoms with Crippen molar-refractivity contribution in [2.75, 3.05) is 19.6 Å². The van der Waals surface area contributed by atoms with E-state index < -0.39 is 6.04 Å². The van der Waals surface area contributed by atoms with Crippen LogP contribution >= 0.6 is 0 Å². The van der Waals surface area contributed by atoms with Crippen LogP contribution in [0.2, 0.25) is 0 Å². The summed E-state index contributed by atoms with van der Waals surface area (Å²) >= 11 is 0. The van der Waals surface area contributed by atoms with Gasteiger partial charge in [-0.15, -0.1) is 5.92 Å². The van der Waals surface area contributed by atoms with Gasteiger partial charge in [0, 0.05) is 43.6 Å². The third-order valence-corrected chi connectivity index (χ3v) is 5.65. The molecule has 2 atom stereocenters. The zero-order valence-electron chi connectivity index (χ0n) is 19.4. The molecule has 0 bridgehead atoms. The zero-order chi connectivity index (χ0) is 23.1. The summed E-state index contributed by atoms with van der Waals surface area (Å²) in [5, 5.41) is 3.04. The first kappa shape index (κ1) is 23.6. The predicted molar refractivity (Wildman–Crippen MR) is 125 cm³/mol. The first-order valence-electron chi connectivity index (χ1n) is 11.3. The van der Waals surface area contributed by atoms with Gasteiger partial charge in [0.25, 0.3) is 0 Å². The van der Waals surface area contributed by atoms with Gasteiger partial charge < -0.3 is 14.6 Å². The Balaban J connectivity index is 1.68. The molecule has 3 rings (SSSR count). The van der Waals surface area contributed by atoms with E-state index in [1.54, 1.807) is 11.2 Å². The molecule has 1 aromatic heterocycles. The third kappa shape index (κ3) is 5.80. The van der Waals surface area contributed by atoms with Crippen LogP contribution in [0.5, 0.6) is 0 Å². The van der Waals surface area contributed by atoms with E-state index in [1.165, 1.54) is 0 Å². The van der Waals surface area contributed by atoms with Gasteiger partial charge in [0.2, 0.25) is 11.8 Å². The molecule has 2 unspecified atom stereocenters. The summed E-state index contributed by atoms with van der Waals surface area (Å²) in [7, 11) is 0. The van der Waals surface area contributed by atoms with Gasteiger partial charge in [-0.05, 0) is 24.6 Å². The SMILES string of the molecule is CCC#CCN1CC(C)N(C(=O)C(C)C)C(C(=O)NCc2ccc(-c3ccco3)cc2)C1. The van der Waals surface area contributed by atoms with Crippen molar-refractivity contribution >= 4 is 11.8 Å². The summed E-state index contributed by atoms with van der Waals surface area (Å²) in [6.45, 7) is 10.0. The van der Waals surface area contributed by atoms with Crippen LogP contribution in [0.15, 0.2) is 47.1 Å². The van der Waals surface area contributed by atoms with E-state index in [2.05, 4.69) is 22.1 Å². The zero-order valence-corrected chi connectivity index (χ0v) is 19.4. The average molecular weight is 436 g/mol. The Morgan fingerprint density at radius 1 is 1.16 bits per heavy atom. The van der Waals surface area contributed by atoms with Crippen LogP contribution in [0.25, 0.3) is 11.3 Å². The van der Waals surface area contributed by atoms with E-state index in [1.807, 2.05) is 64.1 Å². The van der Waals surface area contributed by atoms with Crippen molar-refractivity contribution in [1.82, 2.24) is 15.1 Å². The smallest absolute Gasteiger partial charge is 0.244 e. The maximum absolute atomic E-state index is 13.2. The van der Waals surface area contributed by atoms with Crippen molar-refractivity contribution in [2.24, 2.45) is 5.92 Å². The largest absolute Gasteiger partial charge is 0.464 e. The summed E-state index contributed by atoms with van der Waals surface area (Å²) in [6.07, 6.45) is 2.46. The van der Waals surface area contributed by atoms with Gasteiger partial charge in [0.15, 0.2) is 0 Å². The summed E-state index contributed by atoms with van der Waals surface area (Å²) in [6, 6.07) is 11.1. The van der Waals surface area contributed by atoms with Crippen LogP contribution in [-0.2, 0) is 16.1 Å². The summed E-state index contributed by atoms with van der Waals surface area (Å²) in [5.74, 6) is 6.78. The van der Waals surface area contributed by atoms with E-state index in [9.17, 15) is 9.59 Å². The molecule has 2 amide bonds. The first-order valence-corrected chi connectivity index (χ1v) is 11.3. The standard InChI is InChI=1S/C26H33N3O3/c1-5-6-7-14-28-17-20(4)29(26(31)19(2)3)23(18-28)25(30)27-16-21-10-12-22(13-11-21)24-9-8-15-32-24/h8-13,15,19-20,23H,5,14,16-18H2,1-4H3,(H,27,30). The van der Waals surface area contributed by atoms with Gasteiger partial charge in [0.05, 0.1) is 12.8 Å². The van der Waals surface area contributed by atoms with Gasteiger partial charge in [-0.1, -0.05) is 51.0 Å². The molecule has 0 saturated carbocycles. The number of carbonyl (C=O) groups is 2. The van der Waals surface area contributed by atoms with E-state index in [0.717, 1.165) is 29.9 Å². The van der Waals surface area contributed by atoms with Gasteiger partial charge in [-0.2, -0.15) is 0 Å². The molecule has 1 saturated heterocycles. The van der Waals surface area contributed by atoms with E-state index in [4.69, 9.17) is 4.42 Å². The maximum Gasteiger partial charge on any atom is 0.244 e. The number of carbonyl (C=O) groups excluding carboxylic acids is 2. The number of amides is 2. The molecule has 32 heavy (non-hydrogen) atoms. The van der Waals surface area contributed by atoms with Crippen molar-refractivity contribution < 1.29 is 14.0 Å². The van der Waals surface area contributed by atoms with Crippen LogP contribution in [0.1, 0.15) is 39.7 Å². The highest BCUT2D eigenvalue weighted by Gasteiger charge is 2.39. The third-order valence-electron chi connectivity index (χ3n) is 5.65. The Morgan fingerprint density at radius 3 is 2.53 bits per heavy atom. The van der Waals surface area contributed by atoms with Crippen LogP contribution < -0.4 is 5.32 Å². The molecule has 1 aliphatic heterocycles. The summed E-state index contributed by atoms with van der Waals surface area (Å²) < 4.78 is 5.42. The van der Waals surface area contributed by atoms with Crippen molar-refractivity contribution in [3.05, 3.63) is 48.2 Å². The highest BCUT2D eigenvalue weighted by molar-refractivity contribution is 5.89. The van der Waals surface area contributed by atoms with Crippen LogP contribution in [0.3, 0.4) is 0 Å². The molecule has 2 heterocycles. The van der Waals surface area contributed by atoms with Crippen LogP contribution in [0.4, 0.5) is 0 Å². The number of nitrogens with one attached hydrogen (secondary N) is 1. The molecule has 6 heteroatoms. The Kier molecular flexibility index (Phi) is 8.13. The second-order valence-corrected chi connectivity index (χ2v) is 8.56. The topological polar surface area (TPSA) is 65.8 Å². The number of hydrogen-bond donors (Lipinski definition) is 1. The molecular formula is C26H33N3O3. The minimum absolute atomic E-state index is 0.0137. The van der Waals surface area contributed by atoms with E-state index in [0.29, 0.717) is 19.6 Å². The fraction of sp³-hybridized carbons (Fsp3) is 0.462. The lowest BCUT2D eigenvalue weighted by atomic mass is 10.0. The second-order valence-electron chi connectivity index (χ2n) is 8.56. The van der Waals surface area contributed by atoms with Crippen molar-refractivity contribution in [3.8, 4) is 23.2 Å². The second kappa shape index (κ2) is 11.0. The maximum atomic E-state index is 13.2. The van der Waals surface area contributed by atoms with Gasteiger partial charge in [0.1, 0.15) is 11.8 Å². The Morgan fingerprint density at radius 2 is 1.91 bits per heavy atom. The Labute approximate surface area is 191 Å². The first-order chi connectivity index (χ1) is 15.4. The molecule has 0 spiro atoms. The van der Waals surface area contributed by atoms with Crippen LogP contribution in [-0.4, -0.2) is 53.3 Å². The Hall–Kier alpha value is -3.04. The molecule has 0 radical (unpaired) electrons. The molecule has 0 aliphatic carbocycles. The number of nitrogens with zero attached hydrogens (tertiary/aromatic N) is 2. The fourth-order valence-corrected chi connectivity index (χ4v) is 4.01. The lowest BCUT2D eigenvalue weighted by molar-refractivity contribution is -0.149. The Bertz CT molecular complexity index is 954. The van der Waals surface area contributed by atoms with Gasteiger partial charge in [-0.25, -0.2) is 0 Å². The normalized spacial score (nSPS) is 18.8. The molecule has 1 aromatic carbocycles. The highest BCUT2D eigenvalue weighted by atomic mass is 16.3. The van der Waals surface area contributed by atoms with Gasteiger partial charge >= 0.3 is 0 Å². The monoisotopic (exact) mass is 435 g/mol. The van der Waals surface area contributed by atoms with E-state index >= 15 is 0 Å². The van der Waals surface area contributed by atoms with E-state index in [-0.39, 0.29) is 23.8 Å². The molecular weight excluding hydrogens is 402 g/mol. The van der Waals surface area contributed by atoms with Gasteiger partial charge in [-0.3, -0.25) is 14.5 Å². The number of benzene rings is 1. The number of hydrogen-bond acceptors (Lipinski definition) is 4. The average Bonchev–Trinajstić information content (AvgIpc) is 3.32. The minimum Gasteiger partial charge on any atom is -0.464 e. The van der Waals surface area contributed by atoms with Crippen LogP contribution in [0, 0.1) is 17.8 Å². The summed E-state index contributed by atoms with van der Waals surface area (Å²) in [4.78, 5) is 30.0. The lowest BCUT2D eigenvalue weighted by Crippen LogP contribution is -2.64. The molecule has 6 nitrogen and oxygen atoms in total. The molecule has 2 aromatic rings. The number of furan rings is 1. The lowest BCUT2D eigenvalue weighted by Gasteiger charge is -2.45. The molecule has 1 aliphatic rings. The summed E-state index contributed by atoms with van der Waals surface area (Å²) in [5.41, 5.74) is 1.98. The highest BCUT2D eigenvalue weighted by Crippen LogP contribution is 2.21. The molecule has 170 valence electrons. The number of rotatable bonds is 6. The molecule has 1 fully saturated rings. The van der Waals surface area contributed by atoms with Crippen molar-refractivity contribution in [3.63, 3.8) is 0 Å². The quantitative estimate of drug-likeness (QED) is 0.705. The molecule has 1 N–H and O–H groups in total. The fourth-order valence-electron chi connectivity index (χ4n) is 4.01.